The van der Waals surface area contributed by atoms with Crippen molar-refractivity contribution in [3.63, 3.8) is 0 Å². The number of nitrogens with one attached hydrogen (secondary N) is 1. The average Bonchev–Trinajstić information content (AvgIpc) is 3.38. The maximum absolute atomic E-state index is 12.6. The van der Waals surface area contributed by atoms with E-state index in [1.54, 1.807) is 20.8 Å². The van der Waals surface area contributed by atoms with Gasteiger partial charge in [0.15, 0.2) is 0 Å². The molecule has 9 heteroatoms. The minimum Gasteiger partial charge on any atom is -0.480 e. The van der Waals surface area contributed by atoms with E-state index in [1.807, 2.05) is 54.6 Å². The fraction of sp³-hybridized carbons (Fsp3) is 0.269. The molecule has 1 amide bonds. The number of rotatable bonds is 8. The largest absolute Gasteiger partial charge is 0.480 e. The standard InChI is InChI=1S/C26H27N5O4/c1-4-35-26(34)31(23(16(2)3)25(32)33)15-17-5-6-22-14-21(12-11-20(22)13-17)18-7-9-19(10-8-18)24-27-29-30-28-24/h5-14,16,23H,4,15H2,1-3H3,(H,32,33)(H,27,28,29,30). The van der Waals surface area contributed by atoms with E-state index in [0.29, 0.717) is 5.82 Å². The molecule has 9 nitrogen and oxygen atoms in total. The van der Waals surface area contributed by atoms with Gasteiger partial charge in [0, 0.05) is 12.1 Å². The number of nitrogens with zero attached hydrogens (tertiary/aromatic N) is 4. The molecular weight excluding hydrogens is 446 g/mol. The van der Waals surface area contributed by atoms with E-state index in [4.69, 9.17) is 4.74 Å². The van der Waals surface area contributed by atoms with E-state index in [0.717, 1.165) is 33.0 Å². The van der Waals surface area contributed by atoms with E-state index in [-0.39, 0.29) is 19.1 Å². The molecule has 1 atom stereocenters. The number of carbonyl (C=O) groups is 2. The fourth-order valence-corrected chi connectivity index (χ4v) is 4.13. The number of hydrogen-bond donors (Lipinski definition) is 2. The first-order chi connectivity index (χ1) is 16.9. The number of amides is 1. The van der Waals surface area contributed by atoms with Crippen LogP contribution in [-0.4, -0.2) is 55.3 Å². The van der Waals surface area contributed by atoms with Crippen LogP contribution in [0.5, 0.6) is 0 Å². The predicted molar refractivity (Wildman–Crippen MR) is 131 cm³/mol. The van der Waals surface area contributed by atoms with Crippen molar-refractivity contribution in [2.75, 3.05) is 6.61 Å². The molecule has 1 heterocycles. The lowest BCUT2D eigenvalue weighted by molar-refractivity contribution is -0.144. The summed E-state index contributed by atoms with van der Waals surface area (Å²) in [7, 11) is 0. The van der Waals surface area contributed by atoms with Crippen LogP contribution in [0.1, 0.15) is 26.3 Å². The lowest BCUT2D eigenvalue weighted by Crippen LogP contribution is -2.47. The quantitative estimate of drug-likeness (QED) is 0.378. The molecule has 1 unspecified atom stereocenters. The van der Waals surface area contributed by atoms with Gasteiger partial charge in [-0.2, -0.15) is 5.21 Å². The fourth-order valence-electron chi connectivity index (χ4n) is 4.13. The maximum atomic E-state index is 12.6. The molecule has 4 rings (SSSR count). The Hall–Kier alpha value is -4.27. The van der Waals surface area contributed by atoms with E-state index in [2.05, 4.69) is 26.7 Å². The van der Waals surface area contributed by atoms with Gasteiger partial charge in [-0.3, -0.25) is 4.90 Å². The molecule has 0 saturated heterocycles. The topological polar surface area (TPSA) is 121 Å². The number of ether oxygens (including phenoxy) is 1. The summed E-state index contributed by atoms with van der Waals surface area (Å²) < 4.78 is 5.15. The van der Waals surface area contributed by atoms with Crippen LogP contribution in [0.4, 0.5) is 4.79 Å². The predicted octanol–water partition coefficient (Wildman–Crippen LogP) is 4.75. The summed E-state index contributed by atoms with van der Waals surface area (Å²) in [5, 5.41) is 25.8. The van der Waals surface area contributed by atoms with Crippen molar-refractivity contribution in [1.82, 2.24) is 25.5 Å². The van der Waals surface area contributed by atoms with Crippen molar-refractivity contribution in [3.8, 4) is 22.5 Å². The zero-order valence-corrected chi connectivity index (χ0v) is 19.8. The monoisotopic (exact) mass is 473 g/mol. The molecule has 1 aromatic heterocycles. The highest BCUT2D eigenvalue weighted by molar-refractivity contribution is 5.88. The zero-order chi connectivity index (χ0) is 24.9. The van der Waals surface area contributed by atoms with Crippen LogP contribution in [0.25, 0.3) is 33.3 Å². The van der Waals surface area contributed by atoms with Gasteiger partial charge in [-0.1, -0.05) is 62.4 Å². The Morgan fingerprint density at radius 1 is 0.971 bits per heavy atom. The van der Waals surface area contributed by atoms with Gasteiger partial charge in [0.25, 0.3) is 0 Å². The molecular formula is C26H27N5O4. The van der Waals surface area contributed by atoms with Crippen molar-refractivity contribution in [3.05, 3.63) is 66.2 Å². The summed E-state index contributed by atoms with van der Waals surface area (Å²) in [4.78, 5) is 25.8. The Labute approximate surface area is 202 Å². The number of carboxylic acids is 1. The molecule has 4 aromatic rings. The second-order valence-electron chi connectivity index (χ2n) is 8.56. The molecule has 3 aromatic carbocycles. The number of benzene rings is 3. The van der Waals surface area contributed by atoms with Gasteiger partial charge in [-0.15, -0.1) is 10.2 Å². The highest BCUT2D eigenvalue weighted by atomic mass is 16.6. The SMILES string of the molecule is CCOC(=O)N(Cc1ccc2cc(-c3ccc(-c4nn[nH]n4)cc3)ccc2c1)C(C(=O)O)C(C)C. The number of carbonyl (C=O) groups excluding carboxylic acids is 1. The first-order valence-corrected chi connectivity index (χ1v) is 11.4. The van der Waals surface area contributed by atoms with Gasteiger partial charge in [-0.05, 0) is 57.7 Å². The minimum atomic E-state index is -1.05. The number of fused-ring (bicyclic) bond motifs is 1. The third-order valence-electron chi connectivity index (χ3n) is 5.80. The van der Waals surface area contributed by atoms with Crippen molar-refractivity contribution in [2.24, 2.45) is 5.92 Å². The maximum Gasteiger partial charge on any atom is 0.410 e. The Morgan fingerprint density at radius 3 is 2.26 bits per heavy atom. The normalized spacial score (nSPS) is 12.0. The highest BCUT2D eigenvalue weighted by Crippen LogP contribution is 2.28. The van der Waals surface area contributed by atoms with Crippen molar-refractivity contribution in [1.29, 1.82) is 0 Å². The molecule has 0 spiro atoms. The summed E-state index contributed by atoms with van der Waals surface area (Å²) >= 11 is 0. The number of carboxylic acid groups (broad SMARTS) is 1. The van der Waals surface area contributed by atoms with E-state index >= 15 is 0 Å². The van der Waals surface area contributed by atoms with Crippen LogP contribution in [0.2, 0.25) is 0 Å². The smallest absolute Gasteiger partial charge is 0.410 e. The number of H-pyrrole nitrogens is 1. The van der Waals surface area contributed by atoms with Crippen molar-refractivity contribution >= 4 is 22.8 Å². The van der Waals surface area contributed by atoms with Crippen LogP contribution in [0.3, 0.4) is 0 Å². The van der Waals surface area contributed by atoms with Gasteiger partial charge in [0.2, 0.25) is 5.82 Å². The molecule has 180 valence electrons. The number of tetrazole rings is 1. The van der Waals surface area contributed by atoms with Gasteiger partial charge < -0.3 is 9.84 Å². The minimum absolute atomic E-state index is 0.142. The Balaban J connectivity index is 1.59. The molecule has 0 bridgehead atoms. The molecule has 0 fully saturated rings. The van der Waals surface area contributed by atoms with Gasteiger partial charge >= 0.3 is 12.1 Å². The summed E-state index contributed by atoms with van der Waals surface area (Å²) in [6, 6.07) is 19.0. The van der Waals surface area contributed by atoms with Gasteiger partial charge in [-0.25, -0.2) is 9.59 Å². The van der Waals surface area contributed by atoms with Gasteiger partial charge in [0.05, 0.1) is 6.61 Å². The lowest BCUT2D eigenvalue weighted by Gasteiger charge is -2.30. The second kappa shape index (κ2) is 10.3. The van der Waals surface area contributed by atoms with Crippen molar-refractivity contribution in [2.45, 2.75) is 33.4 Å². The molecule has 0 aliphatic carbocycles. The van der Waals surface area contributed by atoms with Crippen molar-refractivity contribution < 1.29 is 19.4 Å². The van der Waals surface area contributed by atoms with Crippen LogP contribution < -0.4 is 0 Å². The van der Waals surface area contributed by atoms with Gasteiger partial charge in [0.1, 0.15) is 6.04 Å². The Kier molecular flexibility index (Phi) is 7.05. The first-order valence-electron chi connectivity index (χ1n) is 11.4. The number of hydrogen-bond acceptors (Lipinski definition) is 6. The van der Waals surface area contributed by atoms with E-state index in [9.17, 15) is 14.7 Å². The zero-order valence-electron chi connectivity index (χ0n) is 19.8. The van der Waals surface area contributed by atoms with E-state index in [1.165, 1.54) is 4.90 Å². The molecule has 0 saturated carbocycles. The molecule has 2 N–H and O–H groups in total. The molecule has 0 aliphatic rings. The number of aromatic amines is 1. The Morgan fingerprint density at radius 2 is 1.63 bits per heavy atom. The molecule has 0 aliphatic heterocycles. The number of aliphatic carboxylic acids is 1. The summed E-state index contributed by atoms with van der Waals surface area (Å²) in [5.41, 5.74) is 3.82. The van der Waals surface area contributed by atoms with Crippen LogP contribution in [-0.2, 0) is 16.1 Å². The third-order valence-corrected chi connectivity index (χ3v) is 5.80. The summed E-state index contributed by atoms with van der Waals surface area (Å²) in [6.45, 7) is 5.58. The van der Waals surface area contributed by atoms with Crippen LogP contribution >= 0.6 is 0 Å². The lowest BCUT2D eigenvalue weighted by atomic mass is 9.98. The highest BCUT2D eigenvalue weighted by Gasteiger charge is 2.33. The second-order valence-corrected chi connectivity index (χ2v) is 8.56. The van der Waals surface area contributed by atoms with Crippen LogP contribution in [0, 0.1) is 5.92 Å². The van der Waals surface area contributed by atoms with E-state index < -0.39 is 18.1 Å². The average molecular weight is 474 g/mol. The molecule has 35 heavy (non-hydrogen) atoms. The van der Waals surface area contributed by atoms with Crippen LogP contribution in [0.15, 0.2) is 60.7 Å². The molecule has 0 radical (unpaired) electrons. The Bertz CT molecular complexity index is 1320. The summed E-state index contributed by atoms with van der Waals surface area (Å²) in [6.07, 6.45) is -0.631. The first kappa shape index (κ1) is 23.9. The third kappa shape index (κ3) is 5.29. The number of aromatic nitrogens is 4. The summed E-state index contributed by atoms with van der Waals surface area (Å²) in [5.74, 6) is -0.780.